The number of sulfone groups is 2. The second kappa shape index (κ2) is 9.20. The molecule has 2 aromatic rings. The van der Waals surface area contributed by atoms with Crippen LogP contribution >= 0.6 is 0 Å². The van der Waals surface area contributed by atoms with Gasteiger partial charge in [-0.15, -0.1) is 0 Å². The van der Waals surface area contributed by atoms with E-state index in [0.717, 1.165) is 32.5 Å². The number of hydrogen-bond acceptors (Lipinski definition) is 5. The molecule has 1 aliphatic rings. The molecular formula is C21H27NO4S2. The third-order valence-corrected chi connectivity index (χ3v) is 10.4. The standard InChI is InChI=1S/C21H27NO4S2/c23-27(24,19-11-4-1-5-12-19)21(15-10-18-22-16-8-3-9-17-22)28(25,26)20-13-6-2-7-14-20/h1-2,4-7,11-14,21H,3,8-10,15-18H2. The van der Waals surface area contributed by atoms with Gasteiger partial charge < -0.3 is 4.90 Å². The molecule has 1 saturated heterocycles. The van der Waals surface area contributed by atoms with E-state index in [2.05, 4.69) is 4.90 Å². The van der Waals surface area contributed by atoms with Gasteiger partial charge in [0.15, 0.2) is 24.3 Å². The molecule has 3 rings (SSSR count). The first-order valence-electron chi connectivity index (χ1n) is 9.72. The Labute approximate surface area is 168 Å². The van der Waals surface area contributed by atoms with E-state index in [1.165, 1.54) is 30.7 Å². The third kappa shape index (κ3) is 4.82. The van der Waals surface area contributed by atoms with Gasteiger partial charge in [0.25, 0.3) is 0 Å². The molecule has 0 saturated carbocycles. The number of likely N-dealkylation sites (tertiary alicyclic amines) is 1. The number of hydrogen-bond donors (Lipinski definition) is 0. The zero-order valence-corrected chi connectivity index (χ0v) is 17.5. The molecule has 0 unspecified atom stereocenters. The molecule has 0 N–H and O–H groups in total. The van der Waals surface area contributed by atoms with Gasteiger partial charge in [-0.1, -0.05) is 42.8 Å². The Morgan fingerprint density at radius 3 is 1.64 bits per heavy atom. The molecule has 5 nitrogen and oxygen atoms in total. The second-order valence-electron chi connectivity index (χ2n) is 7.19. The maximum absolute atomic E-state index is 13.2. The Morgan fingerprint density at radius 2 is 1.18 bits per heavy atom. The molecule has 0 aromatic heterocycles. The van der Waals surface area contributed by atoms with Crippen molar-refractivity contribution in [3.63, 3.8) is 0 Å². The summed E-state index contributed by atoms with van der Waals surface area (Å²) in [5, 5.41) is 0. The quantitative estimate of drug-likeness (QED) is 0.652. The largest absolute Gasteiger partial charge is 0.303 e. The maximum atomic E-state index is 13.2. The summed E-state index contributed by atoms with van der Waals surface area (Å²) in [5.74, 6) is 0. The van der Waals surface area contributed by atoms with E-state index in [-0.39, 0.29) is 16.2 Å². The summed E-state index contributed by atoms with van der Waals surface area (Å²) in [6, 6.07) is 15.8. The molecule has 0 radical (unpaired) electrons. The number of nitrogens with zero attached hydrogens (tertiary/aromatic N) is 1. The van der Waals surface area contributed by atoms with Gasteiger partial charge in [0, 0.05) is 0 Å². The summed E-state index contributed by atoms with van der Waals surface area (Å²) in [4.78, 5) is 2.40. The number of piperidine rings is 1. The predicted octanol–water partition coefficient (Wildman–Crippen LogP) is 3.53. The average molecular weight is 422 g/mol. The lowest BCUT2D eigenvalue weighted by atomic mass is 10.1. The molecule has 0 amide bonds. The summed E-state index contributed by atoms with van der Waals surface area (Å²) in [6.07, 6.45) is 4.14. The Hall–Kier alpha value is -1.70. The van der Waals surface area contributed by atoms with Crippen LogP contribution in [0.2, 0.25) is 0 Å². The highest BCUT2D eigenvalue weighted by atomic mass is 32.3. The molecule has 0 spiro atoms. The fraction of sp³-hybridized carbons (Fsp3) is 0.429. The van der Waals surface area contributed by atoms with E-state index in [9.17, 15) is 16.8 Å². The van der Waals surface area contributed by atoms with E-state index in [1.54, 1.807) is 36.4 Å². The van der Waals surface area contributed by atoms with Crippen LogP contribution in [0.4, 0.5) is 0 Å². The van der Waals surface area contributed by atoms with Gasteiger partial charge >= 0.3 is 0 Å². The van der Waals surface area contributed by atoms with Gasteiger partial charge in [-0.3, -0.25) is 0 Å². The molecule has 0 atom stereocenters. The van der Waals surface area contributed by atoms with Crippen molar-refractivity contribution >= 4 is 19.7 Å². The van der Waals surface area contributed by atoms with Gasteiger partial charge in [-0.25, -0.2) is 16.8 Å². The van der Waals surface area contributed by atoms with Crippen LogP contribution in [0.15, 0.2) is 70.5 Å². The fourth-order valence-corrected chi connectivity index (χ4v) is 8.30. The molecule has 0 bridgehead atoms. The Bertz CT molecular complexity index is 882. The van der Waals surface area contributed by atoms with E-state index >= 15 is 0 Å². The number of benzene rings is 2. The summed E-state index contributed by atoms with van der Waals surface area (Å²) >= 11 is 0. The zero-order valence-electron chi connectivity index (χ0n) is 15.9. The summed E-state index contributed by atoms with van der Waals surface area (Å²) in [6.45, 7) is 2.73. The van der Waals surface area contributed by atoms with Crippen LogP contribution in [0, 0.1) is 0 Å². The molecule has 152 valence electrons. The van der Waals surface area contributed by atoms with Crippen LogP contribution in [0.25, 0.3) is 0 Å². The molecule has 0 aliphatic carbocycles. The maximum Gasteiger partial charge on any atom is 0.195 e. The summed E-state index contributed by atoms with van der Waals surface area (Å²) in [7, 11) is -8.03. The van der Waals surface area contributed by atoms with Crippen molar-refractivity contribution in [3.8, 4) is 0 Å². The van der Waals surface area contributed by atoms with Crippen molar-refractivity contribution in [1.29, 1.82) is 0 Å². The van der Waals surface area contributed by atoms with E-state index in [4.69, 9.17) is 0 Å². The van der Waals surface area contributed by atoms with Gasteiger partial charge in [0.05, 0.1) is 9.79 Å². The van der Waals surface area contributed by atoms with Crippen LogP contribution in [-0.4, -0.2) is 46.0 Å². The predicted molar refractivity (Wildman–Crippen MR) is 111 cm³/mol. The summed E-state index contributed by atoms with van der Waals surface area (Å²) < 4.78 is 51.5. The van der Waals surface area contributed by atoms with E-state index in [0.29, 0.717) is 6.42 Å². The lowest BCUT2D eigenvalue weighted by molar-refractivity contribution is 0.225. The number of rotatable bonds is 8. The van der Waals surface area contributed by atoms with Gasteiger partial charge in [-0.2, -0.15) is 0 Å². The Morgan fingerprint density at radius 1 is 0.714 bits per heavy atom. The van der Waals surface area contributed by atoms with Crippen LogP contribution in [0.5, 0.6) is 0 Å². The van der Waals surface area contributed by atoms with Crippen molar-refractivity contribution < 1.29 is 16.8 Å². The minimum absolute atomic E-state index is 0.0532. The Kier molecular flexibility index (Phi) is 6.91. The van der Waals surface area contributed by atoms with Gasteiger partial charge in [-0.05, 0) is 69.6 Å². The molecule has 2 aromatic carbocycles. The molecule has 7 heteroatoms. The van der Waals surface area contributed by atoms with E-state index < -0.39 is 24.3 Å². The van der Waals surface area contributed by atoms with Gasteiger partial charge in [0.1, 0.15) is 0 Å². The average Bonchev–Trinajstić information content (AvgIpc) is 2.73. The van der Waals surface area contributed by atoms with Crippen LogP contribution in [-0.2, 0) is 19.7 Å². The molecule has 1 heterocycles. The fourth-order valence-electron chi connectivity index (χ4n) is 3.67. The third-order valence-electron chi connectivity index (χ3n) is 5.20. The van der Waals surface area contributed by atoms with Crippen LogP contribution < -0.4 is 0 Å². The lowest BCUT2D eigenvalue weighted by Gasteiger charge is -2.27. The first-order chi connectivity index (χ1) is 13.4. The second-order valence-corrected chi connectivity index (χ2v) is 11.7. The van der Waals surface area contributed by atoms with Crippen molar-refractivity contribution in [1.82, 2.24) is 4.90 Å². The smallest absolute Gasteiger partial charge is 0.195 e. The minimum Gasteiger partial charge on any atom is -0.303 e. The first kappa shape index (κ1) is 21.0. The molecular weight excluding hydrogens is 394 g/mol. The van der Waals surface area contributed by atoms with Gasteiger partial charge in [0.2, 0.25) is 0 Å². The van der Waals surface area contributed by atoms with E-state index in [1.807, 2.05) is 0 Å². The van der Waals surface area contributed by atoms with Crippen molar-refractivity contribution in [2.45, 2.75) is 46.5 Å². The highest BCUT2D eigenvalue weighted by Gasteiger charge is 2.39. The van der Waals surface area contributed by atoms with Crippen LogP contribution in [0.1, 0.15) is 32.1 Å². The summed E-state index contributed by atoms with van der Waals surface area (Å²) in [5.41, 5.74) is 0. The highest BCUT2D eigenvalue weighted by Crippen LogP contribution is 2.29. The van der Waals surface area contributed by atoms with Crippen LogP contribution in [0.3, 0.4) is 0 Å². The molecule has 1 fully saturated rings. The van der Waals surface area contributed by atoms with Crippen molar-refractivity contribution in [3.05, 3.63) is 60.7 Å². The topological polar surface area (TPSA) is 71.5 Å². The first-order valence-corrected chi connectivity index (χ1v) is 12.8. The van der Waals surface area contributed by atoms with Crippen molar-refractivity contribution in [2.75, 3.05) is 19.6 Å². The molecule has 28 heavy (non-hydrogen) atoms. The SMILES string of the molecule is O=S(=O)(c1ccccc1)C(CCCN1CCCCC1)S(=O)(=O)c1ccccc1. The monoisotopic (exact) mass is 421 g/mol. The minimum atomic E-state index is -4.02. The Balaban J connectivity index is 1.87. The normalized spacial score (nSPS) is 16.3. The van der Waals surface area contributed by atoms with Crippen molar-refractivity contribution in [2.24, 2.45) is 0 Å². The molecule has 1 aliphatic heterocycles. The zero-order chi connectivity index (χ0) is 20.0. The highest BCUT2D eigenvalue weighted by molar-refractivity contribution is 8.09. The lowest BCUT2D eigenvalue weighted by Crippen LogP contribution is -2.34.